The minimum absolute atomic E-state index is 0.457. The van der Waals surface area contributed by atoms with Gasteiger partial charge < -0.3 is 15.2 Å². The molecule has 4 nitrogen and oxygen atoms in total. The topological polar surface area (TPSA) is 47.7 Å². The molecule has 0 amide bonds. The number of benzene rings is 1. The molecule has 1 aromatic carbocycles. The van der Waals surface area contributed by atoms with Crippen molar-refractivity contribution in [3.05, 3.63) is 22.2 Å². The summed E-state index contributed by atoms with van der Waals surface area (Å²) in [4.78, 5) is 2.49. The predicted octanol–water partition coefficient (Wildman–Crippen LogP) is 3.03. The Kier molecular flexibility index (Phi) is 5.90. The van der Waals surface area contributed by atoms with E-state index in [-0.39, 0.29) is 0 Å². The minimum Gasteiger partial charge on any atom is -0.493 e. The highest BCUT2D eigenvalue weighted by Gasteiger charge is 2.27. The molecule has 2 atom stereocenters. The Labute approximate surface area is 135 Å². The number of piperidine rings is 1. The Morgan fingerprint density at radius 3 is 2.57 bits per heavy atom. The molecule has 2 unspecified atom stereocenters. The zero-order valence-electron chi connectivity index (χ0n) is 13.1. The SMILES string of the molecule is COc1cc(Br)c(CN2CCCC(C)C2CN)cc1OC. The lowest BCUT2D eigenvalue weighted by molar-refractivity contribution is 0.0988. The van der Waals surface area contributed by atoms with Crippen molar-refractivity contribution in [1.29, 1.82) is 0 Å². The number of halogens is 1. The van der Waals surface area contributed by atoms with Crippen LogP contribution in [0.3, 0.4) is 0 Å². The van der Waals surface area contributed by atoms with Crippen molar-refractivity contribution < 1.29 is 9.47 Å². The predicted molar refractivity (Wildman–Crippen MR) is 88.9 cm³/mol. The van der Waals surface area contributed by atoms with Crippen molar-refractivity contribution in [3.8, 4) is 11.5 Å². The Morgan fingerprint density at radius 1 is 1.29 bits per heavy atom. The fourth-order valence-corrected chi connectivity index (χ4v) is 3.60. The van der Waals surface area contributed by atoms with E-state index in [0.29, 0.717) is 18.5 Å². The lowest BCUT2D eigenvalue weighted by Crippen LogP contribution is -2.48. The van der Waals surface area contributed by atoms with E-state index in [4.69, 9.17) is 15.2 Å². The van der Waals surface area contributed by atoms with Gasteiger partial charge in [-0.25, -0.2) is 0 Å². The molecular weight excluding hydrogens is 332 g/mol. The molecule has 0 bridgehead atoms. The quantitative estimate of drug-likeness (QED) is 0.880. The van der Waals surface area contributed by atoms with Crippen LogP contribution in [-0.2, 0) is 6.54 Å². The molecule has 0 aliphatic carbocycles. The third kappa shape index (κ3) is 3.71. The van der Waals surface area contributed by atoms with Gasteiger partial charge in [-0.2, -0.15) is 0 Å². The molecule has 21 heavy (non-hydrogen) atoms. The van der Waals surface area contributed by atoms with Gasteiger partial charge in [0, 0.05) is 23.6 Å². The van der Waals surface area contributed by atoms with Crippen LogP contribution in [0.1, 0.15) is 25.3 Å². The fourth-order valence-electron chi connectivity index (χ4n) is 3.15. The van der Waals surface area contributed by atoms with Crippen LogP contribution < -0.4 is 15.2 Å². The number of ether oxygens (including phenoxy) is 2. The van der Waals surface area contributed by atoms with Gasteiger partial charge in [-0.3, -0.25) is 4.90 Å². The highest BCUT2D eigenvalue weighted by Crippen LogP contribution is 2.35. The van der Waals surface area contributed by atoms with Crippen LogP contribution in [0.4, 0.5) is 0 Å². The van der Waals surface area contributed by atoms with Gasteiger partial charge in [-0.05, 0) is 43.0 Å². The van der Waals surface area contributed by atoms with E-state index in [0.717, 1.165) is 29.1 Å². The molecule has 1 heterocycles. The molecule has 1 fully saturated rings. The van der Waals surface area contributed by atoms with E-state index in [1.807, 2.05) is 6.07 Å². The molecule has 0 aromatic heterocycles. The van der Waals surface area contributed by atoms with Gasteiger partial charge in [0.1, 0.15) is 0 Å². The maximum absolute atomic E-state index is 5.98. The number of rotatable bonds is 5. The summed E-state index contributed by atoms with van der Waals surface area (Å²) in [5.41, 5.74) is 7.19. The monoisotopic (exact) mass is 356 g/mol. The first-order valence-electron chi connectivity index (χ1n) is 7.45. The van der Waals surface area contributed by atoms with Crippen molar-refractivity contribution in [2.75, 3.05) is 27.3 Å². The smallest absolute Gasteiger partial charge is 0.161 e. The molecule has 2 N–H and O–H groups in total. The second-order valence-corrected chi connectivity index (χ2v) is 6.55. The molecule has 2 rings (SSSR count). The summed E-state index contributed by atoms with van der Waals surface area (Å²) in [5.74, 6) is 2.17. The molecule has 0 saturated carbocycles. The zero-order valence-corrected chi connectivity index (χ0v) is 14.6. The van der Waals surface area contributed by atoms with Crippen LogP contribution in [0.15, 0.2) is 16.6 Å². The molecular formula is C16H25BrN2O2. The van der Waals surface area contributed by atoms with Gasteiger partial charge in [0.15, 0.2) is 11.5 Å². The summed E-state index contributed by atoms with van der Waals surface area (Å²) in [6, 6.07) is 4.48. The number of hydrogen-bond donors (Lipinski definition) is 1. The van der Waals surface area contributed by atoms with Crippen molar-refractivity contribution in [1.82, 2.24) is 4.90 Å². The average Bonchev–Trinajstić information content (AvgIpc) is 2.49. The normalized spacial score (nSPS) is 23.1. The molecule has 0 radical (unpaired) electrons. The number of nitrogens with two attached hydrogens (primary N) is 1. The Bertz CT molecular complexity index is 482. The molecule has 1 aromatic rings. The fraction of sp³-hybridized carbons (Fsp3) is 0.625. The third-order valence-corrected chi connectivity index (χ3v) is 5.14. The lowest BCUT2D eigenvalue weighted by Gasteiger charge is -2.39. The first kappa shape index (κ1) is 16.6. The van der Waals surface area contributed by atoms with Gasteiger partial charge in [0.25, 0.3) is 0 Å². The van der Waals surface area contributed by atoms with Crippen molar-refractivity contribution in [2.45, 2.75) is 32.4 Å². The molecule has 1 saturated heterocycles. The molecule has 1 aliphatic rings. The van der Waals surface area contributed by atoms with Crippen LogP contribution >= 0.6 is 15.9 Å². The van der Waals surface area contributed by atoms with Crippen LogP contribution in [0.2, 0.25) is 0 Å². The Hall–Kier alpha value is -0.780. The maximum atomic E-state index is 5.98. The van der Waals surface area contributed by atoms with Gasteiger partial charge in [-0.15, -0.1) is 0 Å². The summed E-state index contributed by atoms with van der Waals surface area (Å²) in [6.07, 6.45) is 2.51. The third-order valence-electron chi connectivity index (χ3n) is 4.40. The Morgan fingerprint density at radius 2 is 1.95 bits per heavy atom. The summed E-state index contributed by atoms with van der Waals surface area (Å²) in [5, 5.41) is 0. The molecule has 0 spiro atoms. The standard InChI is InChI=1S/C16H25BrN2O2/c1-11-5-4-6-19(14(11)9-18)10-12-7-15(20-2)16(21-3)8-13(12)17/h7-8,11,14H,4-6,9-10,18H2,1-3H3. The van der Waals surface area contributed by atoms with Crippen LogP contribution in [0, 0.1) is 5.92 Å². The number of nitrogens with zero attached hydrogens (tertiary/aromatic N) is 1. The van der Waals surface area contributed by atoms with Gasteiger partial charge in [0.2, 0.25) is 0 Å². The van der Waals surface area contributed by atoms with E-state index in [1.165, 1.54) is 18.4 Å². The first-order valence-corrected chi connectivity index (χ1v) is 8.24. The highest BCUT2D eigenvalue weighted by molar-refractivity contribution is 9.10. The second-order valence-electron chi connectivity index (χ2n) is 5.69. The van der Waals surface area contributed by atoms with E-state index in [9.17, 15) is 0 Å². The summed E-state index contributed by atoms with van der Waals surface area (Å²) < 4.78 is 11.8. The van der Waals surface area contributed by atoms with E-state index < -0.39 is 0 Å². The van der Waals surface area contributed by atoms with E-state index >= 15 is 0 Å². The molecule has 1 aliphatic heterocycles. The van der Waals surface area contributed by atoms with Crippen molar-refractivity contribution in [3.63, 3.8) is 0 Å². The average molecular weight is 357 g/mol. The van der Waals surface area contributed by atoms with Gasteiger partial charge in [0.05, 0.1) is 14.2 Å². The van der Waals surface area contributed by atoms with E-state index in [2.05, 4.69) is 33.8 Å². The van der Waals surface area contributed by atoms with Crippen LogP contribution in [0.5, 0.6) is 11.5 Å². The molecule has 5 heteroatoms. The summed E-state index contributed by atoms with van der Waals surface area (Å²) in [7, 11) is 3.32. The number of hydrogen-bond acceptors (Lipinski definition) is 4. The van der Waals surface area contributed by atoms with Crippen LogP contribution in [0.25, 0.3) is 0 Å². The highest BCUT2D eigenvalue weighted by atomic mass is 79.9. The second kappa shape index (κ2) is 7.47. The largest absolute Gasteiger partial charge is 0.493 e. The van der Waals surface area contributed by atoms with Crippen molar-refractivity contribution in [2.24, 2.45) is 11.7 Å². The number of likely N-dealkylation sites (tertiary alicyclic amines) is 1. The zero-order chi connectivity index (χ0) is 15.4. The van der Waals surface area contributed by atoms with Crippen LogP contribution in [-0.4, -0.2) is 38.3 Å². The number of methoxy groups -OCH3 is 2. The van der Waals surface area contributed by atoms with Crippen molar-refractivity contribution >= 4 is 15.9 Å². The summed E-state index contributed by atoms with van der Waals surface area (Å²) >= 11 is 3.64. The first-order chi connectivity index (χ1) is 10.1. The van der Waals surface area contributed by atoms with Gasteiger partial charge in [-0.1, -0.05) is 22.9 Å². The van der Waals surface area contributed by atoms with E-state index in [1.54, 1.807) is 14.2 Å². The lowest BCUT2D eigenvalue weighted by atomic mass is 9.90. The van der Waals surface area contributed by atoms with Gasteiger partial charge >= 0.3 is 0 Å². The Balaban J connectivity index is 2.22. The summed E-state index contributed by atoms with van der Waals surface area (Å²) in [6.45, 7) is 5.00. The minimum atomic E-state index is 0.457. The molecule has 118 valence electrons. The maximum Gasteiger partial charge on any atom is 0.161 e.